The van der Waals surface area contributed by atoms with Crippen molar-refractivity contribution in [2.24, 2.45) is 0 Å². The van der Waals surface area contributed by atoms with Gasteiger partial charge in [0.05, 0.1) is 0 Å². The summed E-state index contributed by atoms with van der Waals surface area (Å²) < 4.78 is 4.07. The standard InChI is InChI=1S/C14H15NO7/c1-2-6-10(14(21-22-14)12(17)20-13(18)19)15-11(16)9-7-4-3-5-8-9/h3-5,7-8,10H,2,6H2,1H3,(H,15,16)(H,18,19). The van der Waals surface area contributed by atoms with Crippen molar-refractivity contribution in [3.8, 4) is 0 Å². The minimum atomic E-state index is -1.90. The zero-order chi connectivity index (χ0) is 16.2. The number of carbonyl (C=O) groups is 3. The lowest BCUT2D eigenvalue weighted by atomic mass is 10.0. The monoisotopic (exact) mass is 309 g/mol. The fraction of sp³-hybridized carbons (Fsp3) is 0.357. The fourth-order valence-electron chi connectivity index (χ4n) is 2.00. The first-order chi connectivity index (χ1) is 10.5. The Bertz CT molecular complexity index is 568. The Morgan fingerprint density at radius 1 is 1.27 bits per heavy atom. The molecule has 0 bridgehead atoms. The quantitative estimate of drug-likeness (QED) is 0.353. The maximum absolute atomic E-state index is 12.2. The topological polar surface area (TPSA) is 118 Å². The summed E-state index contributed by atoms with van der Waals surface area (Å²) in [6, 6.07) is 7.51. The first-order valence-electron chi connectivity index (χ1n) is 6.67. The van der Waals surface area contributed by atoms with E-state index in [-0.39, 0.29) is 0 Å². The van der Waals surface area contributed by atoms with Crippen LogP contribution in [-0.2, 0) is 19.3 Å². The number of esters is 1. The van der Waals surface area contributed by atoms with Crippen molar-refractivity contribution in [3.63, 3.8) is 0 Å². The van der Waals surface area contributed by atoms with E-state index >= 15 is 0 Å². The van der Waals surface area contributed by atoms with Gasteiger partial charge in [0.2, 0.25) is 0 Å². The summed E-state index contributed by atoms with van der Waals surface area (Å²) in [6.45, 7) is 1.83. The van der Waals surface area contributed by atoms with Crippen molar-refractivity contribution in [2.45, 2.75) is 31.6 Å². The lowest BCUT2D eigenvalue weighted by Crippen LogP contribution is -2.50. The SMILES string of the molecule is CCCC(NC(=O)c1ccccc1)C1(C(=O)OC(=O)O)OO1. The largest absolute Gasteiger partial charge is 0.513 e. The summed E-state index contributed by atoms with van der Waals surface area (Å²) in [5.41, 5.74) is 0.394. The molecule has 0 aliphatic carbocycles. The molecule has 1 amide bonds. The number of nitrogens with one attached hydrogen (secondary N) is 1. The molecule has 1 heterocycles. The highest BCUT2D eigenvalue weighted by atomic mass is 17.4. The number of rotatable bonds is 6. The average molecular weight is 309 g/mol. The lowest BCUT2D eigenvalue weighted by Gasteiger charge is -2.19. The Hall–Kier alpha value is -2.45. The third-order valence-corrected chi connectivity index (χ3v) is 3.10. The molecule has 1 unspecified atom stereocenters. The number of ether oxygens (including phenoxy) is 1. The molecule has 1 aliphatic rings. The second-order valence-electron chi connectivity index (χ2n) is 4.67. The third kappa shape index (κ3) is 3.41. The molecule has 1 saturated heterocycles. The van der Waals surface area contributed by atoms with Gasteiger partial charge in [0.25, 0.3) is 5.91 Å². The van der Waals surface area contributed by atoms with Gasteiger partial charge in [0, 0.05) is 5.56 Å². The molecule has 8 heteroatoms. The van der Waals surface area contributed by atoms with Crippen LogP contribution >= 0.6 is 0 Å². The molecule has 0 spiro atoms. The van der Waals surface area contributed by atoms with Crippen LogP contribution in [0.3, 0.4) is 0 Å². The fourth-order valence-corrected chi connectivity index (χ4v) is 2.00. The van der Waals surface area contributed by atoms with E-state index in [0.717, 1.165) is 0 Å². The van der Waals surface area contributed by atoms with Gasteiger partial charge in [-0.05, 0) is 18.6 Å². The van der Waals surface area contributed by atoms with Gasteiger partial charge < -0.3 is 15.2 Å². The van der Waals surface area contributed by atoms with Crippen LogP contribution in [0.25, 0.3) is 0 Å². The van der Waals surface area contributed by atoms with Crippen LogP contribution in [0.5, 0.6) is 0 Å². The van der Waals surface area contributed by atoms with Crippen LogP contribution in [0, 0.1) is 0 Å². The van der Waals surface area contributed by atoms with Gasteiger partial charge in [0.1, 0.15) is 6.04 Å². The predicted octanol–water partition coefficient (Wildman–Crippen LogP) is 1.46. The Morgan fingerprint density at radius 2 is 1.91 bits per heavy atom. The van der Waals surface area contributed by atoms with E-state index in [1.807, 2.05) is 6.92 Å². The smallest absolute Gasteiger partial charge is 0.449 e. The van der Waals surface area contributed by atoms with Crippen LogP contribution < -0.4 is 5.32 Å². The molecule has 2 rings (SSSR count). The number of hydrogen-bond donors (Lipinski definition) is 2. The zero-order valence-corrected chi connectivity index (χ0v) is 11.8. The summed E-state index contributed by atoms with van der Waals surface area (Å²) >= 11 is 0. The van der Waals surface area contributed by atoms with Crippen LogP contribution in [-0.4, -0.2) is 35.0 Å². The van der Waals surface area contributed by atoms with Gasteiger partial charge in [-0.1, -0.05) is 31.5 Å². The van der Waals surface area contributed by atoms with Gasteiger partial charge in [0.15, 0.2) is 0 Å². The van der Waals surface area contributed by atoms with Crippen molar-refractivity contribution in [3.05, 3.63) is 35.9 Å². The molecule has 0 radical (unpaired) electrons. The molecule has 1 fully saturated rings. The molecule has 0 aromatic heterocycles. The summed E-state index contributed by atoms with van der Waals surface area (Å²) in [4.78, 5) is 43.7. The number of benzene rings is 1. The van der Waals surface area contributed by atoms with Gasteiger partial charge in [-0.15, -0.1) is 0 Å². The van der Waals surface area contributed by atoms with Crippen molar-refractivity contribution >= 4 is 18.0 Å². The van der Waals surface area contributed by atoms with Crippen molar-refractivity contribution < 1.29 is 34.0 Å². The second-order valence-corrected chi connectivity index (χ2v) is 4.67. The van der Waals surface area contributed by atoms with Crippen LogP contribution in [0.2, 0.25) is 0 Å². The molecule has 1 aromatic rings. The molecule has 118 valence electrons. The van der Waals surface area contributed by atoms with Crippen molar-refractivity contribution in [1.82, 2.24) is 5.32 Å². The molecule has 22 heavy (non-hydrogen) atoms. The molecular weight excluding hydrogens is 294 g/mol. The van der Waals surface area contributed by atoms with E-state index in [4.69, 9.17) is 5.11 Å². The number of hydrogen-bond acceptors (Lipinski definition) is 6. The molecule has 1 aliphatic heterocycles. The first-order valence-corrected chi connectivity index (χ1v) is 6.67. The van der Waals surface area contributed by atoms with Crippen LogP contribution in [0.1, 0.15) is 30.1 Å². The van der Waals surface area contributed by atoms with Crippen LogP contribution in [0.4, 0.5) is 4.79 Å². The highest BCUT2D eigenvalue weighted by Crippen LogP contribution is 2.37. The van der Waals surface area contributed by atoms with Gasteiger partial charge in [-0.2, -0.15) is 9.78 Å². The Kier molecular flexibility index (Phi) is 4.74. The lowest BCUT2D eigenvalue weighted by molar-refractivity contribution is -0.147. The second kappa shape index (κ2) is 6.54. The van der Waals surface area contributed by atoms with E-state index < -0.39 is 29.9 Å². The summed E-state index contributed by atoms with van der Waals surface area (Å²) in [7, 11) is 0. The molecule has 8 nitrogen and oxygen atoms in total. The first kappa shape index (κ1) is 15.9. The van der Waals surface area contributed by atoms with E-state index in [0.29, 0.717) is 18.4 Å². The molecular formula is C14H15NO7. The van der Waals surface area contributed by atoms with E-state index in [1.165, 1.54) is 0 Å². The minimum absolute atomic E-state index is 0.341. The average Bonchev–Trinajstić information content (AvgIpc) is 3.28. The Labute approximate surface area is 125 Å². The summed E-state index contributed by atoms with van der Waals surface area (Å²) in [5.74, 6) is -3.55. The molecule has 1 atom stereocenters. The number of carboxylic acid groups (broad SMARTS) is 1. The van der Waals surface area contributed by atoms with Crippen LogP contribution in [0.15, 0.2) is 30.3 Å². The minimum Gasteiger partial charge on any atom is -0.449 e. The molecule has 1 aromatic carbocycles. The normalized spacial score (nSPS) is 16.4. The summed E-state index contributed by atoms with van der Waals surface area (Å²) in [5, 5.41) is 11.1. The predicted molar refractivity (Wildman–Crippen MR) is 71.6 cm³/mol. The highest BCUT2D eigenvalue weighted by molar-refractivity contribution is 5.95. The van der Waals surface area contributed by atoms with Crippen molar-refractivity contribution in [2.75, 3.05) is 0 Å². The Balaban J connectivity index is 2.11. The zero-order valence-electron chi connectivity index (χ0n) is 11.8. The molecule has 0 saturated carbocycles. The van der Waals surface area contributed by atoms with Gasteiger partial charge in [-0.3, -0.25) is 4.79 Å². The Morgan fingerprint density at radius 3 is 2.41 bits per heavy atom. The molecule has 2 N–H and O–H groups in total. The maximum Gasteiger partial charge on any atom is 0.513 e. The van der Waals surface area contributed by atoms with E-state index in [2.05, 4.69) is 19.8 Å². The summed E-state index contributed by atoms with van der Waals surface area (Å²) in [6.07, 6.45) is -0.824. The highest BCUT2D eigenvalue weighted by Gasteiger charge is 2.65. The van der Waals surface area contributed by atoms with E-state index in [9.17, 15) is 14.4 Å². The van der Waals surface area contributed by atoms with Gasteiger partial charge >= 0.3 is 17.9 Å². The number of amides is 1. The third-order valence-electron chi connectivity index (χ3n) is 3.10. The number of carbonyl (C=O) groups excluding carboxylic acids is 2. The maximum atomic E-state index is 12.2. The van der Waals surface area contributed by atoms with Gasteiger partial charge in [-0.25, -0.2) is 9.59 Å². The van der Waals surface area contributed by atoms with Crippen molar-refractivity contribution in [1.29, 1.82) is 0 Å². The van der Waals surface area contributed by atoms with E-state index in [1.54, 1.807) is 30.3 Å².